The summed E-state index contributed by atoms with van der Waals surface area (Å²) in [4.78, 5) is 0. The van der Waals surface area contributed by atoms with Crippen molar-refractivity contribution in [2.45, 2.75) is 25.4 Å². The second-order valence-corrected chi connectivity index (χ2v) is 5.41. The van der Waals surface area contributed by atoms with E-state index in [9.17, 15) is 8.78 Å². The highest BCUT2D eigenvalue weighted by Gasteiger charge is 2.23. The molecule has 2 rings (SSSR count). The minimum absolute atomic E-state index is 0.139. The van der Waals surface area contributed by atoms with E-state index in [0.717, 1.165) is 31.5 Å². The Hall–Kier alpha value is -0.480. The van der Waals surface area contributed by atoms with Gasteiger partial charge >= 0.3 is 0 Å². The Morgan fingerprint density at radius 1 is 1.35 bits per heavy atom. The number of nitrogens with one attached hydrogen (secondary N) is 1. The van der Waals surface area contributed by atoms with Crippen LogP contribution in [-0.2, 0) is 6.42 Å². The van der Waals surface area contributed by atoms with Crippen LogP contribution in [0.15, 0.2) is 22.7 Å². The molecule has 0 saturated carbocycles. The third kappa shape index (κ3) is 3.49. The lowest BCUT2D eigenvalue weighted by Crippen LogP contribution is -2.33. The molecule has 1 fully saturated rings. The summed E-state index contributed by atoms with van der Waals surface area (Å²) in [6, 6.07) is 4.71. The summed E-state index contributed by atoms with van der Waals surface area (Å²) in [5.74, 6) is -0.161. The van der Waals surface area contributed by atoms with Crippen molar-refractivity contribution in [1.29, 1.82) is 0 Å². The van der Waals surface area contributed by atoms with Gasteiger partial charge in [-0.15, -0.1) is 0 Å². The largest absolute Gasteiger partial charge is 0.317 e. The number of hydrogen-bond acceptors (Lipinski definition) is 1. The highest BCUT2D eigenvalue weighted by molar-refractivity contribution is 9.10. The standard InChI is InChI=1S/C13H16BrF2N/c14-11-7-9(1-2-12(11)15)8-13(16)10-3-5-17-6-4-10/h1-2,7,10,13,17H,3-6,8H2. The fourth-order valence-corrected chi connectivity index (χ4v) is 2.69. The lowest BCUT2D eigenvalue weighted by Gasteiger charge is -2.25. The maximum Gasteiger partial charge on any atom is 0.137 e. The van der Waals surface area contributed by atoms with E-state index in [4.69, 9.17) is 0 Å². The normalized spacial score (nSPS) is 19.2. The van der Waals surface area contributed by atoms with Crippen LogP contribution < -0.4 is 5.32 Å². The molecule has 0 amide bonds. The van der Waals surface area contributed by atoms with E-state index in [1.165, 1.54) is 6.07 Å². The molecule has 1 saturated heterocycles. The second-order valence-electron chi connectivity index (χ2n) is 4.56. The number of piperidine rings is 1. The molecular weight excluding hydrogens is 288 g/mol. The smallest absolute Gasteiger partial charge is 0.137 e. The monoisotopic (exact) mass is 303 g/mol. The molecule has 0 aromatic heterocycles. The van der Waals surface area contributed by atoms with E-state index in [1.54, 1.807) is 12.1 Å². The molecule has 0 spiro atoms. The number of rotatable bonds is 3. The zero-order valence-corrected chi connectivity index (χ0v) is 11.1. The summed E-state index contributed by atoms with van der Waals surface area (Å²) >= 11 is 3.12. The SMILES string of the molecule is Fc1ccc(CC(F)C2CCNCC2)cc1Br. The zero-order valence-electron chi connectivity index (χ0n) is 9.56. The Morgan fingerprint density at radius 3 is 2.71 bits per heavy atom. The van der Waals surface area contributed by atoms with Crippen LogP contribution in [0.2, 0.25) is 0 Å². The number of hydrogen-bond donors (Lipinski definition) is 1. The number of halogens is 3. The predicted molar refractivity (Wildman–Crippen MR) is 68.3 cm³/mol. The average molecular weight is 304 g/mol. The molecule has 1 aromatic rings. The van der Waals surface area contributed by atoms with Gasteiger partial charge in [-0.3, -0.25) is 0 Å². The third-order valence-electron chi connectivity index (χ3n) is 3.31. The lowest BCUT2D eigenvalue weighted by atomic mass is 9.89. The van der Waals surface area contributed by atoms with Gasteiger partial charge < -0.3 is 5.32 Å². The topological polar surface area (TPSA) is 12.0 Å². The van der Waals surface area contributed by atoms with E-state index in [2.05, 4.69) is 21.2 Å². The van der Waals surface area contributed by atoms with Gasteiger partial charge in [0.05, 0.1) is 4.47 Å². The summed E-state index contributed by atoms with van der Waals surface area (Å²) in [7, 11) is 0. The molecule has 1 N–H and O–H groups in total. The van der Waals surface area contributed by atoms with Gasteiger partial charge in [0.15, 0.2) is 0 Å². The Morgan fingerprint density at radius 2 is 2.06 bits per heavy atom. The molecule has 1 aromatic carbocycles. The molecular formula is C13H16BrF2N. The van der Waals surface area contributed by atoms with Gasteiger partial charge in [0.1, 0.15) is 12.0 Å². The van der Waals surface area contributed by atoms with Gasteiger partial charge in [0.2, 0.25) is 0 Å². The summed E-state index contributed by atoms with van der Waals surface area (Å²) in [6.07, 6.45) is 1.34. The molecule has 0 aliphatic carbocycles. The van der Waals surface area contributed by atoms with Gasteiger partial charge in [-0.25, -0.2) is 8.78 Å². The molecule has 1 unspecified atom stereocenters. The van der Waals surface area contributed by atoms with E-state index in [1.807, 2.05) is 0 Å². The molecule has 94 valence electrons. The van der Waals surface area contributed by atoms with Gasteiger partial charge in [-0.1, -0.05) is 6.07 Å². The highest BCUT2D eigenvalue weighted by atomic mass is 79.9. The van der Waals surface area contributed by atoms with Gasteiger partial charge in [0.25, 0.3) is 0 Å². The molecule has 1 heterocycles. The van der Waals surface area contributed by atoms with Crippen molar-refractivity contribution in [3.8, 4) is 0 Å². The summed E-state index contributed by atoms with van der Waals surface area (Å²) in [5.41, 5.74) is 0.851. The molecule has 1 nitrogen and oxygen atoms in total. The fourth-order valence-electron chi connectivity index (χ4n) is 2.26. The Balaban J connectivity index is 1.96. The highest BCUT2D eigenvalue weighted by Crippen LogP contribution is 2.24. The van der Waals surface area contributed by atoms with Crippen LogP contribution in [0.25, 0.3) is 0 Å². The summed E-state index contributed by atoms with van der Waals surface area (Å²) in [6.45, 7) is 1.80. The van der Waals surface area contributed by atoms with Crippen LogP contribution in [0.1, 0.15) is 18.4 Å². The van der Waals surface area contributed by atoms with Crippen LogP contribution in [0, 0.1) is 11.7 Å². The van der Waals surface area contributed by atoms with Gasteiger partial charge in [-0.2, -0.15) is 0 Å². The molecule has 0 radical (unpaired) electrons. The minimum Gasteiger partial charge on any atom is -0.317 e. The van der Waals surface area contributed by atoms with Crippen molar-refractivity contribution in [2.75, 3.05) is 13.1 Å². The van der Waals surface area contributed by atoms with Crippen molar-refractivity contribution in [1.82, 2.24) is 5.32 Å². The van der Waals surface area contributed by atoms with Crippen molar-refractivity contribution in [2.24, 2.45) is 5.92 Å². The van der Waals surface area contributed by atoms with Crippen LogP contribution >= 0.6 is 15.9 Å². The van der Waals surface area contributed by atoms with E-state index < -0.39 is 6.17 Å². The molecule has 0 bridgehead atoms. The van der Waals surface area contributed by atoms with Crippen LogP contribution in [0.5, 0.6) is 0 Å². The van der Waals surface area contributed by atoms with Crippen LogP contribution in [0.4, 0.5) is 8.78 Å². The van der Waals surface area contributed by atoms with Crippen molar-refractivity contribution >= 4 is 15.9 Å². The van der Waals surface area contributed by atoms with Gasteiger partial charge in [0, 0.05) is 6.42 Å². The lowest BCUT2D eigenvalue weighted by molar-refractivity contribution is 0.187. The Bertz CT molecular complexity index is 378. The van der Waals surface area contributed by atoms with Crippen LogP contribution in [0.3, 0.4) is 0 Å². The molecule has 1 aliphatic heterocycles. The van der Waals surface area contributed by atoms with E-state index in [-0.39, 0.29) is 11.7 Å². The second kappa shape index (κ2) is 5.91. The van der Waals surface area contributed by atoms with Gasteiger partial charge in [-0.05, 0) is 65.5 Å². The van der Waals surface area contributed by atoms with Crippen molar-refractivity contribution < 1.29 is 8.78 Å². The van der Waals surface area contributed by atoms with Crippen LogP contribution in [-0.4, -0.2) is 19.3 Å². The molecule has 17 heavy (non-hydrogen) atoms. The first-order chi connectivity index (χ1) is 8.16. The fraction of sp³-hybridized carbons (Fsp3) is 0.538. The maximum atomic E-state index is 14.1. The van der Waals surface area contributed by atoms with E-state index >= 15 is 0 Å². The quantitative estimate of drug-likeness (QED) is 0.901. The van der Waals surface area contributed by atoms with E-state index in [0.29, 0.717) is 10.9 Å². The first-order valence-corrected chi connectivity index (χ1v) is 6.75. The summed E-state index contributed by atoms with van der Waals surface area (Å²) < 4.78 is 27.5. The number of alkyl halides is 1. The maximum absolute atomic E-state index is 14.1. The van der Waals surface area contributed by atoms with Crippen molar-refractivity contribution in [3.63, 3.8) is 0 Å². The molecule has 1 aliphatic rings. The molecule has 1 atom stereocenters. The average Bonchev–Trinajstić information content (AvgIpc) is 2.35. The predicted octanol–water partition coefficient (Wildman–Crippen LogP) is 3.47. The summed E-state index contributed by atoms with van der Waals surface area (Å²) in [5, 5.41) is 3.23. The Kier molecular flexibility index (Phi) is 4.51. The van der Waals surface area contributed by atoms with Crippen molar-refractivity contribution in [3.05, 3.63) is 34.1 Å². The minimum atomic E-state index is -0.825. The Labute approximate surface area is 109 Å². The number of benzene rings is 1. The first-order valence-electron chi connectivity index (χ1n) is 5.95. The first kappa shape index (κ1) is 13.0. The zero-order chi connectivity index (χ0) is 12.3. The molecule has 4 heteroatoms. The third-order valence-corrected chi connectivity index (χ3v) is 3.92.